The van der Waals surface area contributed by atoms with E-state index in [0.717, 1.165) is 37.4 Å². The summed E-state index contributed by atoms with van der Waals surface area (Å²) in [6, 6.07) is 10.6. The second-order valence-corrected chi connectivity index (χ2v) is 6.74. The van der Waals surface area contributed by atoms with Gasteiger partial charge in [-0.05, 0) is 89.6 Å². The summed E-state index contributed by atoms with van der Waals surface area (Å²) in [4.78, 5) is 2.42. The molecule has 1 atom stereocenters. The Bertz CT molecular complexity index is 483. The Morgan fingerprint density at radius 3 is 2.57 bits per heavy atom. The first-order valence-electron chi connectivity index (χ1n) is 8.77. The second-order valence-electron chi connectivity index (χ2n) is 6.74. The van der Waals surface area contributed by atoms with Crippen LogP contribution in [0.3, 0.4) is 0 Å². The fraction of sp³-hybridized carbons (Fsp3) is 0.632. The van der Waals surface area contributed by atoms with Gasteiger partial charge in [0.15, 0.2) is 0 Å². The normalized spacial score (nSPS) is 17.8. The molecule has 0 radical (unpaired) electrons. The third kappa shape index (κ3) is 6.31. The van der Waals surface area contributed by atoms with Crippen molar-refractivity contribution in [3.63, 3.8) is 0 Å². The molecule has 1 fully saturated rings. The minimum absolute atomic E-state index is 0.480. The molecule has 1 aliphatic rings. The standard InChI is InChI=1S/C19H30N4/c1-21-19(13-16-3-5-17(14-20)6-4-16)7-10-22-15-18-8-11-23(2)12-9-18/h3-6,18-19,21-22H,7-13,15H2,1-2H3/t19-/m0/s1. The van der Waals surface area contributed by atoms with Crippen molar-refractivity contribution in [2.24, 2.45) is 5.92 Å². The Morgan fingerprint density at radius 1 is 1.26 bits per heavy atom. The first kappa shape index (κ1) is 17.9. The SMILES string of the molecule is CN[C@@H](CCNCC1CCN(C)CC1)Cc1ccc(C#N)cc1. The molecule has 2 rings (SSSR count). The summed E-state index contributed by atoms with van der Waals surface area (Å²) in [5.41, 5.74) is 2.02. The maximum atomic E-state index is 8.85. The van der Waals surface area contributed by atoms with E-state index >= 15 is 0 Å². The van der Waals surface area contributed by atoms with Crippen LogP contribution in [0.4, 0.5) is 0 Å². The van der Waals surface area contributed by atoms with Gasteiger partial charge in [0, 0.05) is 6.04 Å². The van der Waals surface area contributed by atoms with Crippen LogP contribution in [0.5, 0.6) is 0 Å². The molecule has 0 amide bonds. The molecule has 2 N–H and O–H groups in total. The van der Waals surface area contributed by atoms with Crippen LogP contribution in [0.25, 0.3) is 0 Å². The maximum Gasteiger partial charge on any atom is 0.0991 e. The minimum atomic E-state index is 0.480. The van der Waals surface area contributed by atoms with E-state index in [1.165, 1.54) is 31.5 Å². The molecule has 4 heteroatoms. The highest BCUT2D eigenvalue weighted by atomic mass is 15.1. The number of piperidine rings is 1. The molecule has 23 heavy (non-hydrogen) atoms. The van der Waals surface area contributed by atoms with Crippen molar-refractivity contribution >= 4 is 0 Å². The second kappa shape index (κ2) is 9.67. The van der Waals surface area contributed by atoms with Crippen LogP contribution in [-0.4, -0.2) is 51.2 Å². The molecule has 0 aromatic heterocycles. The zero-order valence-electron chi connectivity index (χ0n) is 14.5. The molecular weight excluding hydrogens is 284 g/mol. The van der Waals surface area contributed by atoms with Crippen LogP contribution < -0.4 is 10.6 Å². The van der Waals surface area contributed by atoms with Crippen LogP contribution >= 0.6 is 0 Å². The number of likely N-dealkylation sites (N-methyl/N-ethyl adjacent to an activating group) is 1. The van der Waals surface area contributed by atoms with Gasteiger partial charge in [0.25, 0.3) is 0 Å². The third-order valence-corrected chi connectivity index (χ3v) is 4.91. The molecule has 1 saturated heterocycles. The Balaban J connectivity index is 1.65. The summed E-state index contributed by atoms with van der Waals surface area (Å²) in [7, 11) is 4.25. The topological polar surface area (TPSA) is 51.1 Å². The third-order valence-electron chi connectivity index (χ3n) is 4.91. The van der Waals surface area contributed by atoms with Crippen molar-refractivity contribution in [1.82, 2.24) is 15.5 Å². The summed E-state index contributed by atoms with van der Waals surface area (Å²) in [6.07, 6.45) is 4.79. The summed E-state index contributed by atoms with van der Waals surface area (Å²) >= 11 is 0. The summed E-state index contributed by atoms with van der Waals surface area (Å²) in [5.74, 6) is 0.845. The van der Waals surface area contributed by atoms with Crippen molar-refractivity contribution in [2.45, 2.75) is 31.7 Å². The molecule has 0 saturated carbocycles. The van der Waals surface area contributed by atoms with Gasteiger partial charge in [-0.2, -0.15) is 5.26 Å². The van der Waals surface area contributed by atoms with E-state index in [2.05, 4.69) is 40.8 Å². The predicted octanol–water partition coefficient (Wildman–Crippen LogP) is 2.01. The molecule has 0 unspecified atom stereocenters. The molecule has 126 valence electrons. The molecule has 0 aliphatic carbocycles. The zero-order chi connectivity index (χ0) is 16.5. The quantitative estimate of drug-likeness (QED) is 0.721. The molecular formula is C19H30N4. The molecule has 1 aromatic rings. The van der Waals surface area contributed by atoms with E-state index < -0.39 is 0 Å². The molecule has 1 aromatic carbocycles. The van der Waals surface area contributed by atoms with Crippen molar-refractivity contribution < 1.29 is 0 Å². The van der Waals surface area contributed by atoms with Crippen LogP contribution in [0.1, 0.15) is 30.4 Å². The average Bonchev–Trinajstić information content (AvgIpc) is 2.59. The molecule has 0 spiro atoms. The van der Waals surface area contributed by atoms with E-state index in [1.807, 2.05) is 19.2 Å². The largest absolute Gasteiger partial charge is 0.317 e. The van der Waals surface area contributed by atoms with Gasteiger partial charge < -0.3 is 15.5 Å². The van der Waals surface area contributed by atoms with Gasteiger partial charge in [0.2, 0.25) is 0 Å². The molecule has 1 aliphatic heterocycles. The highest BCUT2D eigenvalue weighted by molar-refractivity contribution is 5.31. The number of nitrogens with zero attached hydrogens (tertiary/aromatic N) is 2. The van der Waals surface area contributed by atoms with Crippen molar-refractivity contribution in [2.75, 3.05) is 40.3 Å². The lowest BCUT2D eigenvalue weighted by molar-refractivity contribution is 0.216. The van der Waals surface area contributed by atoms with Crippen LogP contribution in [0, 0.1) is 17.2 Å². The van der Waals surface area contributed by atoms with Gasteiger partial charge in [0.1, 0.15) is 0 Å². The number of benzene rings is 1. The number of rotatable bonds is 8. The van der Waals surface area contributed by atoms with Gasteiger partial charge >= 0.3 is 0 Å². The number of nitriles is 1. The highest BCUT2D eigenvalue weighted by Crippen LogP contribution is 2.14. The van der Waals surface area contributed by atoms with E-state index in [4.69, 9.17) is 5.26 Å². The Hall–Kier alpha value is -1.41. The molecule has 1 heterocycles. The van der Waals surface area contributed by atoms with Gasteiger partial charge in [-0.25, -0.2) is 0 Å². The predicted molar refractivity (Wildman–Crippen MR) is 95.4 cm³/mol. The molecule has 4 nitrogen and oxygen atoms in total. The van der Waals surface area contributed by atoms with Crippen LogP contribution in [-0.2, 0) is 6.42 Å². The van der Waals surface area contributed by atoms with Gasteiger partial charge in [0.05, 0.1) is 11.6 Å². The number of hydrogen-bond acceptors (Lipinski definition) is 4. The highest BCUT2D eigenvalue weighted by Gasteiger charge is 2.16. The average molecular weight is 314 g/mol. The van der Waals surface area contributed by atoms with Crippen molar-refractivity contribution in [3.8, 4) is 6.07 Å². The monoisotopic (exact) mass is 314 g/mol. The van der Waals surface area contributed by atoms with E-state index in [-0.39, 0.29) is 0 Å². The Morgan fingerprint density at radius 2 is 1.96 bits per heavy atom. The van der Waals surface area contributed by atoms with Gasteiger partial charge in [-0.15, -0.1) is 0 Å². The number of nitrogens with one attached hydrogen (secondary N) is 2. The van der Waals surface area contributed by atoms with Gasteiger partial charge in [-0.1, -0.05) is 12.1 Å². The van der Waals surface area contributed by atoms with Crippen LogP contribution in [0.2, 0.25) is 0 Å². The summed E-state index contributed by atoms with van der Waals surface area (Å²) in [6.45, 7) is 4.70. The van der Waals surface area contributed by atoms with Crippen LogP contribution in [0.15, 0.2) is 24.3 Å². The lowest BCUT2D eigenvalue weighted by Gasteiger charge is -2.29. The lowest BCUT2D eigenvalue weighted by Crippen LogP contribution is -2.37. The molecule has 0 bridgehead atoms. The fourth-order valence-electron chi connectivity index (χ4n) is 3.20. The van der Waals surface area contributed by atoms with Crippen molar-refractivity contribution in [3.05, 3.63) is 35.4 Å². The lowest BCUT2D eigenvalue weighted by atomic mass is 9.97. The minimum Gasteiger partial charge on any atom is -0.317 e. The number of likely N-dealkylation sites (tertiary alicyclic amines) is 1. The first-order valence-corrected chi connectivity index (χ1v) is 8.77. The fourth-order valence-corrected chi connectivity index (χ4v) is 3.20. The smallest absolute Gasteiger partial charge is 0.0991 e. The van der Waals surface area contributed by atoms with Crippen molar-refractivity contribution in [1.29, 1.82) is 5.26 Å². The van der Waals surface area contributed by atoms with Gasteiger partial charge in [-0.3, -0.25) is 0 Å². The van der Waals surface area contributed by atoms with E-state index in [9.17, 15) is 0 Å². The Kier molecular flexibility index (Phi) is 7.54. The number of hydrogen-bond donors (Lipinski definition) is 2. The zero-order valence-corrected chi connectivity index (χ0v) is 14.5. The van der Waals surface area contributed by atoms with E-state index in [0.29, 0.717) is 6.04 Å². The Labute approximate surface area is 140 Å². The first-order chi connectivity index (χ1) is 11.2. The summed E-state index contributed by atoms with van der Waals surface area (Å²) in [5, 5.41) is 15.9. The van der Waals surface area contributed by atoms with E-state index in [1.54, 1.807) is 0 Å². The summed E-state index contributed by atoms with van der Waals surface area (Å²) < 4.78 is 0. The maximum absolute atomic E-state index is 8.85.